The van der Waals surface area contributed by atoms with Gasteiger partial charge in [0.1, 0.15) is 13.2 Å². The average Bonchev–Trinajstić information content (AvgIpc) is 2.99. The number of rotatable bonds is 33. The molecule has 8 nitrogen and oxygen atoms in total. The predicted molar refractivity (Wildman–Crippen MR) is 194 cm³/mol. The van der Waals surface area contributed by atoms with Gasteiger partial charge in [0.2, 0.25) is 5.91 Å². The Morgan fingerprint density at radius 3 is 1.70 bits per heavy atom. The maximum absolute atomic E-state index is 12.7. The summed E-state index contributed by atoms with van der Waals surface area (Å²) in [6, 6.07) is -0.842. The lowest BCUT2D eigenvalue weighted by molar-refractivity contribution is -0.870. The first kappa shape index (κ1) is 45.0. The molecule has 0 spiro atoms. The Morgan fingerprint density at radius 2 is 1.17 bits per heavy atom. The molecule has 1 amide bonds. The van der Waals surface area contributed by atoms with Gasteiger partial charge in [-0.1, -0.05) is 128 Å². The normalized spacial score (nSPS) is 15.0. The highest BCUT2D eigenvalue weighted by atomic mass is 31.2. The molecule has 0 saturated carbocycles. The summed E-state index contributed by atoms with van der Waals surface area (Å²) in [7, 11) is 1.56. The lowest BCUT2D eigenvalue weighted by Gasteiger charge is -2.25. The number of unbranched alkanes of at least 4 members (excludes halogenated alkanes) is 18. The van der Waals surface area contributed by atoms with Gasteiger partial charge in [0, 0.05) is 6.42 Å². The van der Waals surface area contributed by atoms with Gasteiger partial charge in [-0.25, -0.2) is 4.57 Å². The van der Waals surface area contributed by atoms with Crippen molar-refractivity contribution in [3.63, 3.8) is 0 Å². The molecule has 0 aliphatic rings. The van der Waals surface area contributed by atoms with E-state index in [1.807, 2.05) is 27.2 Å². The van der Waals surface area contributed by atoms with E-state index in [1.165, 1.54) is 96.3 Å². The standard InChI is InChI=1S/C37H73N2O6P/c1-6-8-10-12-14-16-17-18-19-20-21-23-25-27-29-31-37(41)38-35(34-45-46(42,43)44-33-32-39(3,4)5)36(40)30-28-26-24-22-15-13-11-9-7-2/h16-17,28,30,35-36,40H,6-15,18-27,29,31-34H2,1-5H3,(H-,38,41,42,43)/p+1/b17-16-,30-28+. The van der Waals surface area contributed by atoms with Crippen LogP contribution in [0.3, 0.4) is 0 Å². The van der Waals surface area contributed by atoms with Crippen molar-refractivity contribution in [3.05, 3.63) is 24.3 Å². The number of hydrogen-bond acceptors (Lipinski definition) is 5. The molecule has 0 rings (SSSR count). The van der Waals surface area contributed by atoms with Crippen molar-refractivity contribution in [2.24, 2.45) is 0 Å². The van der Waals surface area contributed by atoms with Crippen molar-refractivity contribution in [2.75, 3.05) is 40.9 Å². The zero-order valence-electron chi connectivity index (χ0n) is 30.6. The van der Waals surface area contributed by atoms with Gasteiger partial charge >= 0.3 is 7.82 Å². The number of hydrogen-bond donors (Lipinski definition) is 3. The Bertz CT molecular complexity index is 814. The van der Waals surface area contributed by atoms with Gasteiger partial charge in [-0.05, 0) is 44.9 Å². The first-order chi connectivity index (χ1) is 22.0. The van der Waals surface area contributed by atoms with Crippen LogP contribution in [0.1, 0.15) is 155 Å². The number of likely N-dealkylation sites (N-methyl/N-ethyl adjacent to an activating group) is 1. The average molecular weight is 674 g/mol. The van der Waals surface area contributed by atoms with Crippen molar-refractivity contribution in [1.29, 1.82) is 0 Å². The monoisotopic (exact) mass is 674 g/mol. The number of carbonyl (C=O) groups is 1. The zero-order valence-corrected chi connectivity index (χ0v) is 31.5. The van der Waals surface area contributed by atoms with Gasteiger partial charge in [0.05, 0.1) is 39.9 Å². The van der Waals surface area contributed by atoms with E-state index in [0.717, 1.165) is 38.5 Å². The van der Waals surface area contributed by atoms with Crippen LogP contribution in [0, 0.1) is 0 Å². The number of allylic oxidation sites excluding steroid dienone is 3. The number of phosphoric ester groups is 1. The molecule has 0 saturated heterocycles. The highest BCUT2D eigenvalue weighted by molar-refractivity contribution is 7.47. The number of nitrogens with one attached hydrogen (secondary N) is 1. The maximum atomic E-state index is 12.7. The first-order valence-corrected chi connectivity index (χ1v) is 20.2. The summed E-state index contributed by atoms with van der Waals surface area (Å²) in [5.74, 6) is -0.187. The first-order valence-electron chi connectivity index (χ1n) is 18.7. The van der Waals surface area contributed by atoms with Gasteiger partial charge in [-0.15, -0.1) is 0 Å². The van der Waals surface area contributed by atoms with Crippen molar-refractivity contribution in [1.82, 2.24) is 5.32 Å². The third-order valence-corrected chi connectivity index (χ3v) is 9.15. The van der Waals surface area contributed by atoms with Crippen LogP contribution in [-0.4, -0.2) is 73.4 Å². The van der Waals surface area contributed by atoms with Gasteiger partial charge < -0.3 is 19.8 Å². The molecule has 3 N–H and O–H groups in total. The Balaban J connectivity index is 4.49. The van der Waals surface area contributed by atoms with Crippen LogP contribution >= 0.6 is 7.82 Å². The fraction of sp³-hybridized carbons (Fsp3) is 0.865. The molecule has 46 heavy (non-hydrogen) atoms. The number of amides is 1. The quantitative estimate of drug-likeness (QED) is 0.0278. The van der Waals surface area contributed by atoms with E-state index < -0.39 is 20.0 Å². The third kappa shape index (κ3) is 31.6. The van der Waals surface area contributed by atoms with Gasteiger partial charge in [-0.3, -0.25) is 13.8 Å². The molecule has 0 aromatic rings. The number of aliphatic hydroxyl groups is 1. The Labute approximate surface area is 284 Å². The second-order valence-electron chi connectivity index (χ2n) is 13.9. The van der Waals surface area contributed by atoms with Gasteiger partial charge in [-0.2, -0.15) is 0 Å². The highest BCUT2D eigenvalue weighted by Gasteiger charge is 2.27. The molecule has 3 atom stereocenters. The molecule has 0 heterocycles. The second-order valence-corrected chi connectivity index (χ2v) is 15.4. The van der Waals surface area contributed by atoms with Crippen LogP contribution in [0.15, 0.2) is 24.3 Å². The lowest BCUT2D eigenvalue weighted by atomic mass is 10.1. The molecule has 0 aromatic heterocycles. The highest BCUT2D eigenvalue weighted by Crippen LogP contribution is 2.43. The number of carbonyl (C=O) groups excluding carboxylic acids is 1. The summed E-state index contributed by atoms with van der Waals surface area (Å²) in [5, 5.41) is 13.7. The van der Waals surface area contributed by atoms with Crippen molar-refractivity contribution in [2.45, 2.75) is 167 Å². The SMILES string of the molecule is CCCCCC/C=C\CCCCCCCCCC(=O)NC(COP(=O)(O)OCC[N+](C)(C)C)C(O)/C=C/CCCCCCCCC. The molecule has 0 radical (unpaired) electrons. The number of nitrogens with zero attached hydrogens (tertiary/aromatic N) is 1. The number of quaternary nitrogens is 1. The Morgan fingerprint density at radius 1 is 0.717 bits per heavy atom. The maximum Gasteiger partial charge on any atom is 0.472 e. The minimum atomic E-state index is -4.32. The molecule has 272 valence electrons. The third-order valence-electron chi connectivity index (χ3n) is 8.17. The van der Waals surface area contributed by atoms with E-state index in [9.17, 15) is 19.4 Å². The lowest BCUT2D eigenvalue weighted by Crippen LogP contribution is -2.45. The summed E-state index contributed by atoms with van der Waals surface area (Å²) in [6.45, 7) is 4.74. The smallest absolute Gasteiger partial charge is 0.387 e. The minimum absolute atomic E-state index is 0.0610. The predicted octanol–water partition coefficient (Wildman–Crippen LogP) is 9.41. The van der Waals surface area contributed by atoms with E-state index in [2.05, 4.69) is 31.3 Å². The molecule has 0 fully saturated rings. The Kier molecular flexibility index (Phi) is 29.4. The van der Waals surface area contributed by atoms with Crippen molar-refractivity contribution >= 4 is 13.7 Å². The summed E-state index contributed by atoms with van der Waals surface area (Å²) < 4.78 is 23.4. The van der Waals surface area contributed by atoms with E-state index in [-0.39, 0.29) is 19.1 Å². The fourth-order valence-electron chi connectivity index (χ4n) is 5.09. The van der Waals surface area contributed by atoms with Crippen LogP contribution in [0.5, 0.6) is 0 Å². The van der Waals surface area contributed by atoms with Crippen molar-refractivity contribution in [3.8, 4) is 0 Å². The number of phosphoric acid groups is 1. The van der Waals surface area contributed by atoms with E-state index >= 15 is 0 Å². The molecular weight excluding hydrogens is 599 g/mol. The summed E-state index contributed by atoms with van der Waals surface area (Å²) >= 11 is 0. The molecule has 0 bridgehead atoms. The summed E-state index contributed by atoms with van der Waals surface area (Å²) in [6.07, 6.45) is 32.4. The van der Waals surface area contributed by atoms with Crippen LogP contribution < -0.4 is 5.32 Å². The fourth-order valence-corrected chi connectivity index (χ4v) is 5.83. The van der Waals surface area contributed by atoms with E-state index in [4.69, 9.17) is 9.05 Å². The molecule has 0 aromatic carbocycles. The largest absolute Gasteiger partial charge is 0.472 e. The van der Waals surface area contributed by atoms with E-state index in [0.29, 0.717) is 17.4 Å². The molecule has 0 aliphatic carbocycles. The molecular formula is C37H74N2O6P+. The van der Waals surface area contributed by atoms with Gasteiger partial charge in [0.15, 0.2) is 0 Å². The number of aliphatic hydroxyl groups excluding tert-OH is 1. The van der Waals surface area contributed by atoms with Crippen LogP contribution in [-0.2, 0) is 18.4 Å². The topological polar surface area (TPSA) is 105 Å². The van der Waals surface area contributed by atoms with Crippen LogP contribution in [0.25, 0.3) is 0 Å². The summed E-state index contributed by atoms with van der Waals surface area (Å²) in [5.41, 5.74) is 0. The van der Waals surface area contributed by atoms with Crippen LogP contribution in [0.4, 0.5) is 0 Å². The Hall–Kier alpha value is -1.02. The summed E-state index contributed by atoms with van der Waals surface area (Å²) in [4.78, 5) is 22.9. The van der Waals surface area contributed by atoms with E-state index in [1.54, 1.807) is 6.08 Å². The minimum Gasteiger partial charge on any atom is -0.387 e. The molecule has 9 heteroatoms. The van der Waals surface area contributed by atoms with Crippen molar-refractivity contribution < 1.29 is 32.9 Å². The van der Waals surface area contributed by atoms with Crippen LogP contribution in [0.2, 0.25) is 0 Å². The van der Waals surface area contributed by atoms with Gasteiger partial charge in [0.25, 0.3) is 0 Å². The zero-order chi connectivity index (χ0) is 34.4. The second kappa shape index (κ2) is 30.1. The molecule has 0 aliphatic heterocycles. The molecule has 3 unspecified atom stereocenters.